The molecule has 0 atom stereocenters. The summed E-state index contributed by atoms with van der Waals surface area (Å²) in [7, 11) is 1.57. The minimum Gasteiger partial charge on any atom is -0.496 e. The van der Waals surface area contributed by atoms with Crippen LogP contribution >= 0.6 is 15.9 Å². The smallest absolute Gasteiger partial charge is 0.328 e. The molecule has 4 heteroatoms. The molecule has 80 valence electrons. The quantitative estimate of drug-likeness (QED) is 0.860. The highest BCUT2D eigenvalue weighted by atomic mass is 79.9. The molecule has 0 heterocycles. The standard InChI is InChI=1S/C11H11BrO3/c1-7(5-11(13)14)8-3-4-9(12)10(6-8)15-2/h3-6H,1-2H3,(H,13,14). The summed E-state index contributed by atoms with van der Waals surface area (Å²) in [5.41, 5.74) is 1.52. The number of methoxy groups -OCH3 is 1. The van der Waals surface area contributed by atoms with Gasteiger partial charge in [-0.3, -0.25) is 0 Å². The van der Waals surface area contributed by atoms with E-state index in [1.54, 1.807) is 20.1 Å². The van der Waals surface area contributed by atoms with Gasteiger partial charge in [0.1, 0.15) is 5.75 Å². The van der Waals surface area contributed by atoms with Crippen molar-refractivity contribution in [3.05, 3.63) is 34.3 Å². The molecule has 1 rings (SSSR count). The van der Waals surface area contributed by atoms with Gasteiger partial charge in [0.2, 0.25) is 0 Å². The lowest BCUT2D eigenvalue weighted by Crippen LogP contribution is -1.91. The second-order valence-electron chi connectivity index (χ2n) is 3.01. The van der Waals surface area contributed by atoms with Crippen molar-refractivity contribution in [1.29, 1.82) is 0 Å². The molecule has 0 saturated carbocycles. The average molecular weight is 271 g/mol. The molecule has 0 radical (unpaired) electrons. The van der Waals surface area contributed by atoms with Crippen LogP contribution in [0.1, 0.15) is 12.5 Å². The molecule has 0 aliphatic carbocycles. The van der Waals surface area contributed by atoms with E-state index < -0.39 is 5.97 Å². The molecule has 1 aromatic rings. The maximum atomic E-state index is 10.5. The number of carboxylic acids is 1. The Morgan fingerprint density at radius 2 is 2.20 bits per heavy atom. The van der Waals surface area contributed by atoms with E-state index in [4.69, 9.17) is 9.84 Å². The van der Waals surface area contributed by atoms with Crippen molar-refractivity contribution in [2.75, 3.05) is 7.11 Å². The van der Waals surface area contributed by atoms with E-state index in [0.29, 0.717) is 11.3 Å². The van der Waals surface area contributed by atoms with Crippen molar-refractivity contribution in [1.82, 2.24) is 0 Å². The first-order valence-electron chi connectivity index (χ1n) is 4.29. The highest BCUT2D eigenvalue weighted by Crippen LogP contribution is 2.28. The van der Waals surface area contributed by atoms with Crippen molar-refractivity contribution >= 4 is 27.5 Å². The largest absolute Gasteiger partial charge is 0.496 e. The van der Waals surface area contributed by atoms with Crippen LogP contribution in [-0.2, 0) is 4.79 Å². The molecule has 0 aliphatic rings. The van der Waals surface area contributed by atoms with Gasteiger partial charge in [-0.15, -0.1) is 0 Å². The summed E-state index contributed by atoms with van der Waals surface area (Å²) in [6, 6.07) is 5.45. The Morgan fingerprint density at radius 3 is 2.73 bits per heavy atom. The summed E-state index contributed by atoms with van der Waals surface area (Å²) in [5.74, 6) is -0.264. The number of halogens is 1. The third-order valence-electron chi connectivity index (χ3n) is 1.95. The first kappa shape index (κ1) is 11.8. The van der Waals surface area contributed by atoms with Crippen LogP contribution < -0.4 is 4.74 Å². The Labute approximate surface area is 96.5 Å². The molecule has 0 fully saturated rings. The SMILES string of the molecule is COc1cc(C(C)=CC(=O)O)ccc1Br. The maximum Gasteiger partial charge on any atom is 0.328 e. The normalized spacial score (nSPS) is 11.3. The van der Waals surface area contributed by atoms with E-state index in [0.717, 1.165) is 10.0 Å². The molecule has 0 amide bonds. The minimum absolute atomic E-state index is 0.686. The van der Waals surface area contributed by atoms with Gasteiger partial charge in [-0.1, -0.05) is 6.07 Å². The molecular weight excluding hydrogens is 260 g/mol. The summed E-state index contributed by atoms with van der Waals surface area (Å²) in [5, 5.41) is 8.61. The topological polar surface area (TPSA) is 46.5 Å². The molecule has 0 saturated heterocycles. The van der Waals surface area contributed by atoms with Crippen LogP contribution in [0.4, 0.5) is 0 Å². The first-order valence-corrected chi connectivity index (χ1v) is 5.09. The zero-order valence-electron chi connectivity index (χ0n) is 8.45. The predicted molar refractivity (Wildman–Crippen MR) is 62.0 cm³/mol. The fourth-order valence-corrected chi connectivity index (χ4v) is 1.58. The molecule has 15 heavy (non-hydrogen) atoms. The van der Waals surface area contributed by atoms with Gasteiger partial charge in [-0.2, -0.15) is 0 Å². The van der Waals surface area contributed by atoms with Crippen LogP contribution in [0.3, 0.4) is 0 Å². The summed E-state index contributed by atoms with van der Waals surface area (Å²) in [4.78, 5) is 10.5. The monoisotopic (exact) mass is 270 g/mol. The Balaban J connectivity index is 3.11. The van der Waals surface area contributed by atoms with Crippen molar-refractivity contribution in [2.45, 2.75) is 6.92 Å². The van der Waals surface area contributed by atoms with Gasteiger partial charge >= 0.3 is 5.97 Å². The number of aliphatic carboxylic acids is 1. The van der Waals surface area contributed by atoms with Crippen molar-refractivity contribution in [3.8, 4) is 5.75 Å². The van der Waals surface area contributed by atoms with E-state index in [1.165, 1.54) is 6.08 Å². The summed E-state index contributed by atoms with van der Waals surface area (Å²) < 4.78 is 5.96. The number of allylic oxidation sites excluding steroid dienone is 1. The van der Waals surface area contributed by atoms with Crippen LogP contribution in [0.25, 0.3) is 5.57 Å². The Morgan fingerprint density at radius 1 is 1.53 bits per heavy atom. The highest BCUT2D eigenvalue weighted by Gasteiger charge is 2.03. The number of carbonyl (C=O) groups is 1. The number of carboxylic acid groups (broad SMARTS) is 1. The molecule has 3 nitrogen and oxygen atoms in total. The average Bonchev–Trinajstić information content (AvgIpc) is 2.17. The lowest BCUT2D eigenvalue weighted by Gasteiger charge is -2.06. The molecular formula is C11H11BrO3. The number of hydrogen-bond acceptors (Lipinski definition) is 2. The molecule has 1 aromatic carbocycles. The second kappa shape index (κ2) is 4.98. The van der Waals surface area contributed by atoms with Crippen molar-refractivity contribution in [3.63, 3.8) is 0 Å². The molecule has 0 unspecified atom stereocenters. The van der Waals surface area contributed by atoms with Gasteiger partial charge in [0.05, 0.1) is 11.6 Å². The maximum absolute atomic E-state index is 10.5. The van der Waals surface area contributed by atoms with E-state index in [2.05, 4.69) is 15.9 Å². The minimum atomic E-state index is -0.950. The summed E-state index contributed by atoms with van der Waals surface area (Å²) in [6.45, 7) is 1.75. The fraction of sp³-hybridized carbons (Fsp3) is 0.182. The fourth-order valence-electron chi connectivity index (χ4n) is 1.17. The van der Waals surface area contributed by atoms with Gasteiger partial charge < -0.3 is 9.84 Å². The van der Waals surface area contributed by atoms with Gasteiger partial charge in [0.15, 0.2) is 0 Å². The number of hydrogen-bond donors (Lipinski definition) is 1. The van der Waals surface area contributed by atoms with E-state index in [1.807, 2.05) is 12.1 Å². The van der Waals surface area contributed by atoms with Crippen LogP contribution in [0.5, 0.6) is 5.75 Å². The molecule has 0 spiro atoms. The summed E-state index contributed by atoms with van der Waals surface area (Å²) >= 11 is 3.33. The van der Waals surface area contributed by atoms with E-state index in [9.17, 15) is 4.79 Å². The molecule has 0 aromatic heterocycles. The molecule has 1 N–H and O–H groups in total. The van der Waals surface area contributed by atoms with E-state index in [-0.39, 0.29) is 0 Å². The van der Waals surface area contributed by atoms with Gasteiger partial charge in [-0.05, 0) is 46.1 Å². The lowest BCUT2D eigenvalue weighted by atomic mass is 10.1. The second-order valence-corrected chi connectivity index (χ2v) is 3.87. The molecule has 0 aliphatic heterocycles. The highest BCUT2D eigenvalue weighted by molar-refractivity contribution is 9.10. The van der Waals surface area contributed by atoms with Gasteiger partial charge in [-0.25, -0.2) is 4.79 Å². The number of ether oxygens (including phenoxy) is 1. The van der Waals surface area contributed by atoms with Crippen molar-refractivity contribution < 1.29 is 14.6 Å². The van der Waals surface area contributed by atoms with Crippen LogP contribution in [-0.4, -0.2) is 18.2 Å². The third-order valence-corrected chi connectivity index (χ3v) is 2.60. The number of rotatable bonds is 3. The Kier molecular flexibility index (Phi) is 3.91. The zero-order valence-corrected chi connectivity index (χ0v) is 10.0. The first-order chi connectivity index (χ1) is 7.04. The van der Waals surface area contributed by atoms with Crippen molar-refractivity contribution in [2.24, 2.45) is 0 Å². The van der Waals surface area contributed by atoms with Crippen LogP contribution in [0, 0.1) is 0 Å². The summed E-state index contributed by atoms with van der Waals surface area (Å²) in [6.07, 6.45) is 1.17. The van der Waals surface area contributed by atoms with Gasteiger partial charge in [0, 0.05) is 6.08 Å². The van der Waals surface area contributed by atoms with E-state index >= 15 is 0 Å². The lowest BCUT2D eigenvalue weighted by molar-refractivity contribution is -0.131. The number of benzene rings is 1. The van der Waals surface area contributed by atoms with Crippen LogP contribution in [0.2, 0.25) is 0 Å². The predicted octanol–water partition coefficient (Wildman–Crippen LogP) is 2.95. The van der Waals surface area contributed by atoms with Gasteiger partial charge in [0.25, 0.3) is 0 Å². The van der Waals surface area contributed by atoms with Crippen LogP contribution in [0.15, 0.2) is 28.7 Å². The third kappa shape index (κ3) is 3.09. The Bertz CT molecular complexity index is 410. The Hall–Kier alpha value is -1.29. The zero-order chi connectivity index (χ0) is 11.4. The molecule has 0 bridgehead atoms.